The molecule has 0 aliphatic rings. The molecule has 0 spiro atoms. The van der Waals surface area contributed by atoms with Gasteiger partial charge in [-0.15, -0.1) is 0 Å². The number of phenolic OH excluding ortho intramolecular Hbond substituents is 2. The summed E-state index contributed by atoms with van der Waals surface area (Å²) in [6.07, 6.45) is 2.16. The van der Waals surface area contributed by atoms with Gasteiger partial charge in [0.15, 0.2) is 0 Å². The van der Waals surface area contributed by atoms with E-state index in [2.05, 4.69) is 0 Å². The lowest BCUT2D eigenvalue weighted by Crippen LogP contribution is -1.85. The van der Waals surface area contributed by atoms with Crippen LogP contribution in [0.1, 0.15) is 5.56 Å². The first kappa shape index (κ1) is 9.12. The summed E-state index contributed by atoms with van der Waals surface area (Å²) in [5, 5.41) is 26.4. The van der Waals surface area contributed by atoms with Crippen molar-refractivity contribution in [1.82, 2.24) is 0 Å². The van der Waals surface area contributed by atoms with E-state index in [1.54, 1.807) is 0 Å². The van der Waals surface area contributed by atoms with Crippen LogP contribution in [-0.2, 0) is 4.79 Å². The Balaban J connectivity index is 2.96. The molecule has 0 fully saturated rings. The van der Waals surface area contributed by atoms with Crippen LogP contribution in [0.4, 0.5) is 0 Å². The van der Waals surface area contributed by atoms with Gasteiger partial charge in [0.1, 0.15) is 11.5 Å². The van der Waals surface area contributed by atoms with Crippen molar-refractivity contribution in [3.63, 3.8) is 0 Å². The van der Waals surface area contributed by atoms with E-state index >= 15 is 0 Å². The van der Waals surface area contributed by atoms with Gasteiger partial charge in [-0.3, -0.25) is 0 Å². The molecule has 1 rings (SSSR count). The van der Waals surface area contributed by atoms with Gasteiger partial charge in [-0.1, -0.05) is 0 Å². The summed E-state index contributed by atoms with van der Waals surface area (Å²) in [6, 6.07) is 3.92. The molecule has 4 nitrogen and oxygen atoms in total. The molecule has 3 N–H and O–H groups in total. The maximum atomic E-state index is 10.1. The Bertz CT molecular complexity index is 355. The Morgan fingerprint density at radius 3 is 2.54 bits per heavy atom. The van der Waals surface area contributed by atoms with E-state index in [1.807, 2.05) is 0 Å². The van der Waals surface area contributed by atoms with Crippen molar-refractivity contribution >= 4 is 12.0 Å². The van der Waals surface area contributed by atoms with Crippen molar-refractivity contribution in [2.75, 3.05) is 0 Å². The van der Waals surface area contributed by atoms with E-state index in [9.17, 15) is 9.90 Å². The van der Waals surface area contributed by atoms with E-state index in [0.29, 0.717) is 5.56 Å². The smallest absolute Gasteiger partial charge is 0.328 e. The van der Waals surface area contributed by atoms with Crippen molar-refractivity contribution in [2.24, 2.45) is 0 Å². The van der Waals surface area contributed by atoms with E-state index < -0.39 is 5.97 Å². The minimum absolute atomic E-state index is 0.0648. The molecule has 0 aromatic heterocycles. The van der Waals surface area contributed by atoms with Crippen molar-refractivity contribution < 1.29 is 20.1 Å². The molecule has 0 unspecified atom stereocenters. The third-order valence-corrected chi connectivity index (χ3v) is 1.42. The second-order valence-electron chi connectivity index (χ2n) is 2.41. The van der Waals surface area contributed by atoms with Crippen molar-refractivity contribution in [3.05, 3.63) is 29.8 Å². The van der Waals surface area contributed by atoms with Gasteiger partial charge in [-0.25, -0.2) is 4.79 Å². The maximum Gasteiger partial charge on any atom is 0.328 e. The minimum atomic E-state index is -1.09. The summed E-state index contributed by atoms with van der Waals surface area (Å²) in [6.45, 7) is 0. The highest BCUT2D eigenvalue weighted by Gasteiger charge is 1.98. The predicted octanol–water partition coefficient (Wildman–Crippen LogP) is 1.20. The zero-order valence-electron chi connectivity index (χ0n) is 6.64. The third-order valence-electron chi connectivity index (χ3n) is 1.42. The van der Waals surface area contributed by atoms with E-state index in [-0.39, 0.29) is 11.5 Å². The fourth-order valence-corrected chi connectivity index (χ4v) is 0.834. The van der Waals surface area contributed by atoms with Crippen molar-refractivity contribution in [1.29, 1.82) is 0 Å². The van der Waals surface area contributed by atoms with Crippen LogP contribution in [0, 0.1) is 0 Å². The van der Waals surface area contributed by atoms with Gasteiger partial charge in [0.05, 0.1) is 0 Å². The molecule has 0 aliphatic carbocycles. The molecule has 0 heterocycles. The molecule has 68 valence electrons. The SMILES string of the molecule is O=C(O)/C=C/c1ccc(O)cc1O. The number of rotatable bonds is 2. The summed E-state index contributed by atoms with van der Waals surface area (Å²) in [4.78, 5) is 10.1. The predicted molar refractivity (Wildman–Crippen MR) is 46.4 cm³/mol. The first-order chi connectivity index (χ1) is 6.09. The first-order valence-electron chi connectivity index (χ1n) is 3.52. The average Bonchev–Trinajstić information content (AvgIpc) is 2.02. The molecule has 4 heteroatoms. The number of carbonyl (C=O) groups is 1. The molecular formula is C9H8O4. The van der Waals surface area contributed by atoms with Crippen LogP contribution < -0.4 is 0 Å². The summed E-state index contributed by atoms with van der Waals surface area (Å²) in [5.74, 6) is -1.31. The van der Waals surface area contributed by atoms with Crippen LogP contribution in [0.5, 0.6) is 11.5 Å². The summed E-state index contributed by atoms with van der Waals surface area (Å²) in [7, 11) is 0. The van der Waals surface area contributed by atoms with E-state index in [0.717, 1.165) is 12.1 Å². The summed E-state index contributed by atoms with van der Waals surface area (Å²) >= 11 is 0. The van der Waals surface area contributed by atoms with Gasteiger partial charge in [-0.2, -0.15) is 0 Å². The van der Waals surface area contributed by atoms with Gasteiger partial charge in [-0.05, 0) is 18.2 Å². The normalized spacial score (nSPS) is 10.5. The van der Waals surface area contributed by atoms with E-state index in [4.69, 9.17) is 10.2 Å². The zero-order valence-corrected chi connectivity index (χ0v) is 6.64. The topological polar surface area (TPSA) is 77.8 Å². The Kier molecular flexibility index (Phi) is 2.54. The van der Waals surface area contributed by atoms with Crippen LogP contribution >= 0.6 is 0 Å². The number of carboxylic acid groups (broad SMARTS) is 1. The van der Waals surface area contributed by atoms with Gasteiger partial charge in [0.25, 0.3) is 0 Å². The maximum absolute atomic E-state index is 10.1. The molecule has 0 radical (unpaired) electrons. The lowest BCUT2D eigenvalue weighted by molar-refractivity contribution is -0.131. The van der Waals surface area contributed by atoms with Crippen LogP contribution in [0.2, 0.25) is 0 Å². The van der Waals surface area contributed by atoms with Gasteiger partial charge < -0.3 is 15.3 Å². The standard InChI is InChI=1S/C9H8O4/c10-7-3-1-6(8(11)5-7)2-4-9(12)13/h1-5,10-11H,(H,12,13)/b4-2+. The van der Waals surface area contributed by atoms with Crippen LogP contribution in [-0.4, -0.2) is 21.3 Å². The van der Waals surface area contributed by atoms with Crippen LogP contribution in [0.15, 0.2) is 24.3 Å². The minimum Gasteiger partial charge on any atom is -0.508 e. The van der Waals surface area contributed by atoms with Crippen LogP contribution in [0.3, 0.4) is 0 Å². The zero-order chi connectivity index (χ0) is 9.84. The molecule has 13 heavy (non-hydrogen) atoms. The molecular weight excluding hydrogens is 172 g/mol. The largest absolute Gasteiger partial charge is 0.508 e. The third kappa shape index (κ3) is 2.52. The summed E-state index contributed by atoms with van der Waals surface area (Å²) in [5.41, 5.74) is 0.347. The fourth-order valence-electron chi connectivity index (χ4n) is 0.834. The number of hydrogen-bond acceptors (Lipinski definition) is 3. The van der Waals surface area contributed by atoms with Gasteiger partial charge in [0.2, 0.25) is 0 Å². The lowest BCUT2D eigenvalue weighted by Gasteiger charge is -1.98. The first-order valence-corrected chi connectivity index (χ1v) is 3.52. The number of phenols is 2. The molecule has 0 aliphatic heterocycles. The van der Waals surface area contributed by atoms with Crippen molar-refractivity contribution in [2.45, 2.75) is 0 Å². The number of aliphatic carboxylic acids is 1. The average molecular weight is 180 g/mol. The highest BCUT2D eigenvalue weighted by Crippen LogP contribution is 2.23. The molecule has 0 amide bonds. The summed E-state index contributed by atoms with van der Waals surface area (Å²) < 4.78 is 0. The molecule has 1 aromatic rings. The van der Waals surface area contributed by atoms with Crippen LogP contribution in [0.25, 0.3) is 6.08 Å². The Morgan fingerprint density at radius 1 is 1.31 bits per heavy atom. The highest BCUT2D eigenvalue weighted by molar-refractivity contribution is 5.85. The van der Waals surface area contributed by atoms with Crippen molar-refractivity contribution in [3.8, 4) is 11.5 Å². The fraction of sp³-hybridized carbons (Fsp3) is 0. The van der Waals surface area contributed by atoms with Gasteiger partial charge >= 0.3 is 5.97 Å². The molecule has 0 saturated heterocycles. The Hall–Kier alpha value is -1.97. The highest BCUT2D eigenvalue weighted by atomic mass is 16.4. The van der Waals surface area contributed by atoms with Gasteiger partial charge in [0, 0.05) is 17.7 Å². The number of hydrogen-bond donors (Lipinski definition) is 3. The molecule has 0 saturated carbocycles. The Morgan fingerprint density at radius 2 is 2.00 bits per heavy atom. The molecule has 0 atom stereocenters. The Labute approximate surface area is 74.4 Å². The second-order valence-corrected chi connectivity index (χ2v) is 2.41. The van der Waals surface area contributed by atoms with E-state index in [1.165, 1.54) is 18.2 Å². The quantitative estimate of drug-likeness (QED) is 0.597. The molecule has 1 aromatic carbocycles. The number of aromatic hydroxyl groups is 2. The molecule has 0 bridgehead atoms. The number of benzene rings is 1. The number of carboxylic acids is 1. The monoisotopic (exact) mass is 180 g/mol. The lowest BCUT2D eigenvalue weighted by atomic mass is 10.2. The second kappa shape index (κ2) is 3.62.